The van der Waals surface area contributed by atoms with Gasteiger partial charge in [0.2, 0.25) is 0 Å². The van der Waals surface area contributed by atoms with Crippen LogP contribution < -0.4 is 5.73 Å². The summed E-state index contributed by atoms with van der Waals surface area (Å²) in [6.45, 7) is 2.57. The van der Waals surface area contributed by atoms with E-state index in [1.54, 1.807) is 0 Å². The molecule has 0 amide bonds. The number of nitrogens with two attached hydrogens (primary N) is 1. The molecule has 0 saturated heterocycles. The maximum Gasteiger partial charge on any atom is 0.472 e. The van der Waals surface area contributed by atoms with E-state index in [1.165, 1.54) is 19.3 Å². The van der Waals surface area contributed by atoms with Crippen molar-refractivity contribution < 1.29 is 47.5 Å². The predicted octanol–water partition coefficient (Wildman–Crippen LogP) is 10.2. The number of hydrogen-bond donors (Lipinski definition) is 3. The maximum atomic E-state index is 12.6. The highest BCUT2D eigenvalue weighted by molar-refractivity contribution is 7.47. The number of carboxylic acids is 1. The summed E-state index contributed by atoms with van der Waals surface area (Å²) in [5.74, 6) is -2.46. The van der Waals surface area contributed by atoms with E-state index in [2.05, 4.69) is 91.3 Å². The standard InChI is InChI=1S/C42H70NO10P/c1-3-5-7-9-11-13-15-17-19-21-23-25-27-29-31-33-40(44)50-35-38(36-51-54(48,49)52-37-39(43)42(46)47)53-41(45)34-32-30-28-26-24-22-20-18-16-14-12-10-8-6-4-2/h6,8,11-14,17-20,24,26,38-39H,3-5,7,9-10,15-16,21-23,25,27-37,43H2,1-2H3,(H,46,47)(H,48,49)/b8-6+,13-11+,14-12+,19-17+,20-18+,26-24+/t38-,39+/m1/s1. The van der Waals surface area contributed by atoms with Crippen molar-refractivity contribution in [3.63, 3.8) is 0 Å². The van der Waals surface area contributed by atoms with Crippen molar-refractivity contribution in [1.29, 1.82) is 0 Å². The summed E-state index contributed by atoms with van der Waals surface area (Å²) in [5, 5.41) is 8.87. The molecule has 0 rings (SSSR count). The molecule has 0 aliphatic carbocycles. The molecule has 0 saturated carbocycles. The molecule has 54 heavy (non-hydrogen) atoms. The lowest BCUT2D eigenvalue weighted by Crippen LogP contribution is -2.34. The number of phosphoric acid groups is 1. The Morgan fingerprint density at radius 2 is 1.04 bits per heavy atom. The summed E-state index contributed by atoms with van der Waals surface area (Å²) in [6, 6.07) is -1.53. The second-order valence-corrected chi connectivity index (χ2v) is 14.5. The van der Waals surface area contributed by atoms with Crippen molar-refractivity contribution in [2.24, 2.45) is 5.73 Å². The Labute approximate surface area is 325 Å². The number of phosphoric ester groups is 1. The minimum absolute atomic E-state index is 0.102. The van der Waals surface area contributed by atoms with Gasteiger partial charge in [-0.15, -0.1) is 0 Å². The second kappa shape index (κ2) is 36.9. The van der Waals surface area contributed by atoms with Crippen molar-refractivity contribution in [3.8, 4) is 0 Å². The molecule has 12 heteroatoms. The molecule has 308 valence electrons. The first-order valence-corrected chi connectivity index (χ1v) is 21.5. The highest BCUT2D eigenvalue weighted by Gasteiger charge is 2.28. The van der Waals surface area contributed by atoms with Crippen LogP contribution in [0.15, 0.2) is 72.9 Å². The van der Waals surface area contributed by atoms with Crippen LogP contribution in [0, 0.1) is 0 Å². The van der Waals surface area contributed by atoms with Crippen molar-refractivity contribution in [1.82, 2.24) is 0 Å². The summed E-state index contributed by atoms with van der Waals surface area (Å²) in [5.41, 5.74) is 5.32. The monoisotopic (exact) mass is 779 g/mol. The van der Waals surface area contributed by atoms with E-state index in [9.17, 15) is 23.8 Å². The third-order valence-electron chi connectivity index (χ3n) is 7.94. The first-order chi connectivity index (χ1) is 26.1. The van der Waals surface area contributed by atoms with Crippen LogP contribution in [0.1, 0.15) is 142 Å². The summed E-state index contributed by atoms with van der Waals surface area (Å²) in [4.78, 5) is 45.8. The summed E-state index contributed by atoms with van der Waals surface area (Å²) in [7, 11) is -4.73. The average molecular weight is 780 g/mol. The van der Waals surface area contributed by atoms with Crippen LogP contribution in [0.5, 0.6) is 0 Å². The van der Waals surface area contributed by atoms with E-state index >= 15 is 0 Å². The number of ether oxygens (including phenoxy) is 2. The molecule has 1 unspecified atom stereocenters. The Balaban J connectivity index is 4.53. The molecular formula is C42H70NO10P. The fraction of sp³-hybridized carbons (Fsp3) is 0.643. The molecular weight excluding hydrogens is 709 g/mol. The molecule has 0 fully saturated rings. The zero-order valence-electron chi connectivity index (χ0n) is 33.0. The summed E-state index contributed by atoms with van der Waals surface area (Å²) in [6.07, 6.45) is 42.6. The number of carboxylic acid groups (broad SMARTS) is 1. The van der Waals surface area contributed by atoms with Gasteiger partial charge in [-0.1, -0.05) is 119 Å². The number of rotatable bonds is 36. The molecule has 0 heterocycles. The molecule has 0 aromatic carbocycles. The Kier molecular flexibility index (Phi) is 34.8. The van der Waals surface area contributed by atoms with Gasteiger partial charge in [0.1, 0.15) is 12.6 Å². The number of aliphatic carboxylic acids is 1. The number of hydrogen-bond acceptors (Lipinski definition) is 9. The maximum absolute atomic E-state index is 12.6. The van der Waals surface area contributed by atoms with Crippen LogP contribution >= 0.6 is 7.82 Å². The van der Waals surface area contributed by atoms with Crippen molar-refractivity contribution in [2.75, 3.05) is 19.8 Å². The third kappa shape index (κ3) is 35.9. The van der Waals surface area contributed by atoms with Gasteiger partial charge >= 0.3 is 25.7 Å². The van der Waals surface area contributed by atoms with Gasteiger partial charge in [-0.2, -0.15) is 0 Å². The minimum Gasteiger partial charge on any atom is -0.480 e. The van der Waals surface area contributed by atoms with Gasteiger partial charge in [0.25, 0.3) is 0 Å². The van der Waals surface area contributed by atoms with Crippen LogP contribution in [0.3, 0.4) is 0 Å². The van der Waals surface area contributed by atoms with Gasteiger partial charge < -0.3 is 25.2 Å². The van der Waals surface area contributed by atoms with Crippen LogP contribution in [-0.4, -0.2) is 59.9 Å². The van der Waals surface area contributed by atoms with E-state index in [0.717, 1.165) is 83.5 Å². The van der Waals surface area contributed by atoms with Crippen LogP contribution in [0.2, 0.25) is 0 Å². The fourth-order valence-electron chi connectivity index (χ4n) is 4.79. The second-order valence-electron chi connectivity index (χ2n) is 13.0. The zero-order chi connectivity index (χ0) is 40.0. The Bertz CT molecular complexity index is 1190. The predicted molar refractivity (Wildman–Crippen MR) is 217 cm³/mol. The van der Waals surface area contributed by atoms with Gasteiger partial charge in [0, 0.05) is 12.8 Å². The quantitative estimate of drug-likeness (QED) is 0.0239. The Hall–Kier alpha value is -3.08. The van der Waals surface area contributed by atoms with E-state index in [0.29, 0.717) is 12.8 Å². The fourth-order valence-corrected chi connectivity index (χ4v) is 5.57. The van der Waals surface area contributed by atoms with Gasteiger partial charge in [-0.05, 0) is 83.5 Å². The molecule has 0 aromatic rings. The van der Waals surface area contributed by atoms with Crippen molar-refractivity contribution in [3.05, 3.63) is 72.9 Å². The lowest BCUT2D eigenvalue weighted by atomic mass is 10.1. The lowest BCUT2D eigenvalue weighted by Gasteiger charge is -2.20. The molecule has 0 radical (unpaired) electrons. The molecule has 0 bridgehead atoms. The average Bonchev–Trinajstić information content (AvgIpc) is 3.14. The molecule has 3 atom stereocenters. The Morgan fingerprint density at radius 1 is 0.593 bits per heavy atom. The van der Waals surface area contributed by atoms with Gasteiger partial charge in [0.15, 0.2) is 6.10 Å². The highest BCUT2D eigenvalue weighted by Crippen LogP contribution is 2.43. The van der Waals surface area contributed by atoms with Crippen LogP contribution in [0.25, 0.3) is 0 Å². The first-order valence-electron chi connectivity index (χ1n) is 20.0. The first kappa shape index (κ1) is 50.9. The van der Waals surface area contributed by atoms with E-state index in [1.807, 2.05) is 0 Å². The highest BCUT2D eigenvalue weighted by atomic mass is 31.2. The number of carbonyl (C=O) groups excluding carboxylic acids is 2. The van der Waals surface area contributed by atoms with Crippen LogP contribution in [-0.2, 0) is 37.5 Å². The third-order valence-corrected chi connectivity index (χ3v) is 8.89. The van der Waals surface area contributed by atoms with E-state index in [-0.39, 0.29) is 19.4 Å². The van der Waals surface area contributed by atoms with Gasteiger partial charge in [0.05, 0.1) is 13.2 Å². The zero-order valence-corrected chi connectivity index (χ0v) is 33.9. The van der Waals surface area contributed by atoms with Crippen LogP contribution in [0.4, 0.5) is 0 Å². The molecule has 4 N–H and O–H groups in total. The van der Waals surface area contributed by atoms with Gasteiger partial charge in [-0.3, -0.25) is 23.4 Å². The molecule has 0 aromatic heterocycles. The van der Waals surface area contributed by atoms with Crippen molar-refractivity contribution in [2.45, 2.75) is 154 Å². The van der Waals surface area contributed by atoms with Crippen molar-refractivity contribution >= 4 is 25.7 Å². The Morgan fingerprint density at radius 3 is 1.59 bits per heavy atom. The molecule has 0 aliphatic rings. The van der Waals surface area contributed by atoms with E-state index in [4.69, 9.17) is 24.8 Å². The largest absolute Gasteiger partial charge is 0.480 e. The molecule has 0 aliphatic heterocycles. The minimum atomic E-state index is -4.73. The smallest absolute Gasteiger partial charge is 0.472 e. The number of esters is 2. The topological polar surface area (TPSA) is 172 Å². The normalized spacial score (nSPS) is 14.6. The summed E-state index contributed by atoms with van der Waals surface area (Å²) >= 11 is 0. The number of carbonyl (C=O) groups is 3. The SMILES string of the molecule is CC/C=C/C/C=C/C/C=C/C/C=C/CCCCC(=O)O[C@H](COC(=O)CCCCCCC/C=C/C/C=C/CCCCC)COP(=O)(O)OC[C@H](N)C(=O)O. The lowest BCUT2D eigenvalue weighted by molar-refractivity contribution is -0.161. The number of allylic oxidation sites excluding steroid dienone is 12. The number of unbranched alkanes of at least 4 members (excludes halogenated alkanes) is 10. The molecule has 0 spiro atoms. The van der Waals surface area contributed by atoms with E-state index < -0.39 is 51.1 Å². The summed E-state index contributed by atoms with van der Waals surface area (Å²) < 4.78 is 32.5. The van der Waals surface area contributed by atoms with Gasteiger partial charge in [-0.25, -0.2) is 4.57 Å². The molecule has 11 nitrogen and oxygen atoms in total.